The van der Waals surface area contributed by atoms with Crippen LogP contribution >= 0.6 is 0 Å². The van der Waals surface area contributed by atoms with Gasteiger partial charge < -0.3 is 20.6 Å². The van der Waals surface area contributed by atoms with Gasteiger partial charge in [-0.25, -0.2) is 4.39 Å². The van der Waals surface area contributed by atoms with E-state index in [-0.39, 0.29) is 29.9 Å². The predicted molar refractivity (Wildman–Crippen MR) is 73.1 cm³/mol. The van der Waals surface area contributed by atoms with Crippen LogP contribution < -0.4 is 5.32 Å². The molecule has 2 rings (SSSR count). The van der Waals surface area contributed by atoms with E-state index in [1.165, 1.54) is 18.2 Å². The van der Waals surface area contributed by atoms with E-state index < -0.39 is 5.75 Å². The van der Waals surface area contributed by atoms with Crippen molar-refractivity contribution in [2.75, 3.05) is 0 Å². The van der Waals surface area contributed by atoms with E-state index in [2.05, 4.69) is 5.32 Å². The van der Waals surface area contributed by atoms with Crippen molar-refractivity contribution in [2.24, 2.45) is 0 Å². The molecule has 106 valence electrons. The average Bonchev–Trinajstić information content (AvgIpc) is 2.44. The Labute approximate surface area is 116 Å². The molecule has 0 unspecified atom stereocenters. The summed E-state index contributed by atoms with van der Waals surface area (Å²) in [6, 6.07) is 8.96. The van der Waals surface area contributed by atoms with Gasteiger partial charge in [-0.3, -0.25) is 0 Å². The molecule has 0 aliphatic heterocycles. The van der Waals surface area contributed by atoms with Crippen LogP contribution in [0.5, 0.6) is 17.2 Å². The summed E-state index contributed by atoms with van der Waals surface area (Å²) in [5.41, 5.74) is 0.943. The van der Waals surface area contributed by atoms with Crippen molar-refractivity contribution in [1.29, 1.82) is 0 Å². The van der Waals surface area contributed by atoms with Crippen molar-refractivity contribution in [1.82, 2.24) is 5.32 Å². The molecule has 0 aromatic heterocycles. The molecule has 20 heavy (non-hydrogen) atoms. The smallest absolute Gasteiger partial charge is 0.200 e. The number of rotatable bonds is 4. The average molecular weight is 277 g/mol. The first kappa shape index (κ1) is 14.1. The maximum absolute atomic E-state index is 13.6. The van der Waals surface area contributed by atoms with Gasteiger partial charge in [0.05, 0.1) is 0 Å². The van der Waals surface area contributed by atoms with E-state index in [9.17, 15) is 19.7 Å². The first-order chi connectivity index (χ1) is 9.50. The topological polar surface area (TPSA) is 72.7 Å². The minimum atomic E-state index is -0.553. The van der Waals surface area contributed by atoms with Gasteiger partial charge in [-0.1, -0.05) is 24.3 Å². The Balaban J connectivity index is 2.10. The lowest BCUT2D eigenvalue weighted by atomic mass is 10.1. The van der Waals surface area contributed by atoms with Crippen LogP contribution in [0.4, 0.5) is 4.39 Å². The molecule has 0 radical (unpaired) electrons. The molecule has 0 spiro atoms. The monoisotopic (exact) mass is 277 g/mol. The van der Waals surface area contributed by atoms with Crippen molar-refractivity contribution < 1.29 is 19.7 Å². The summed E-state index contributed by atoms with van der Waals surface area (Å²) in [5.74, 6) is -1.61. The number of hydrogen-bond donors (Lipinski definition) is 4. The molecule has 5 heteroatoms. The van der Waals surface area contributed by atoms with Crippen LogP contribution in [0.1, 0.15) is 24.1 Å². The summed E-state index contributed by atoms with van der Waals surface area (Å²) < 4.78 is 13.6. The number of phenols is 3. The quantitative estimate of drug-likeness (QED) is 0.648. The Morgan fingerprint density at radius 2 is 1.75 bits per heavy atom. The summed E-state index contributed by atoms with van der Waals surface area (Å²) in [4.78, 5) is 0. The standard InChI is InChI=1S/C15H16FNO3/c1-9(11-4-2-3-5-12(11)16)17-8-10-6-7-13(18)15(20)14(10)19/h2-7,9,17-20H,8H2,1H3/t9-/m1/s1. The second-order valence-corrected chi connectivity index (χ2v) is 4.57. The third-order valence-electron chi connectivity index (χ3n) is 3.18. The van der Waals surface area contributed by atoms with Gasteiger partial charge in [0.15, 0.2) is 11.5 Å². The maximum atomic E-state index is 13.6. The van der Waals surface area contributed by atoms with Gasteiger partial charge in [0.2, 0.25) is 5.75 Å². The molecule has 4 N–H and O–H groups in total. The van der Waals surface area contributed by atoms with Gasteiger partial charge in [0.25, 0.3) is 0 Å². The van der Waals surface area contributed by atoms with Crippen LogP contribution in [0, 0.1) is 5.82 Å². The second kappa shape index (κ2) is 5.79. The first-order valence-corrected chi connectivity index (χ1v) is 6.21. The van der Waals surface area contributed by atoms with Crippen LogP contribution in [0.3, 0.4) is 0 Å². The van der Waals surface area contributed by atoms with Crippen molar-refractivity contribution in [2.45, 2.75) is 19.5 Å². The third kappa shape index (κ3) is 2.83. The van der Waals surface area contributed by atoms with E-state index in [1.807, 2.05) is 0 Å². The Bertz CT molecular complexity index is 616. The van der Waals surface area contributed by atoms with Gasteiger partial charge in [0.1, 0.15) is 5.82 Å². The molecule has 0 saturated heterocycles. The summed E-state index contributed by atoms with van der Waals surface area (Å²) in [5, 5.41) is 31.4. The summed E-state index contributed by atoms with van der Waals surface area (Å²) >= 11 is 0. The van der Waals surface area contributed by atoms with Gasteiger partial charge >= 0.3 is 0 Å². The minimum Gasteiger partial charge on any atom is -0.504 e. The highest BCUT2D eigenvalue weighted by molar-refractivity contribution is 5.53. The molecule has 0 aliphatic rings. The van der Waals surface area contributed by atoms with Crippen molar-refractivity contribution >= 4 is 0 Å². The van der Waals surface area contributed by atoms with Crippen LogP contribution in [0.2, 0.25) is 0 Å². The van der Waals surface area contributed by atoms with E-state index >= 15 is 0 Å². The van der Waals surface area contributed by atoms with Crippen LogP contribution in [0.15, 0.2) is 36.4 Å². The molecule has 0 amide bonds. The zero-order chi connectivity index (χ0) is 14.7. The Morgan fingerprint density at radius 3 is 2.45 bits per heavy atom. The largest absolute Gasteiger partial charge is 0.504 e. The number of nitrogens with one attached hydrogen (secondary N) is 1. The molecule has 2 aromatic rings. The fourth-order valence-electron chi connectivity index (χ4n) is 1.95. The molecule has 0 aliphatic carbocycles. The number of benzene rings is 2. The fraction of sp³-hybridized carbons (Fsp3) is 0.200. The molecular weight excluding hydrogens is 261 g/mol. The van der Waals surface area contributed by atoms with Crippen LogP contribution in [0.25, 0.3) is 0 Å². The van der Waals surface area contributed by atoms with Gasteiger partial charge in [-0.2, -0.15) is 0 Å². The number of halogens is 1. The Hall–Kier alpha value is -2.27. The zero-order valence-electron chi connectivity index (χ0n) is 11.0. The van der Waals surface area contributed by atoms with Gasteiger partial charge in [-0.05, 0) is 19.1 Å². The Kier molecular flexibility index (Phi) is 4.10. The predicted octanol–water partition coefficient (Wildman–Crippen LogP) is 2.79. The van der Waals surface area contributed by atoms with Crippen LogP contribution in [-0.2, 0) is 6.54 Å². The molecule has 4 nitrogen and oxygen atoms in total. The molecular formula is C15H16FNO3. The normalized spacial score (nSPS) is 12.3. The number of hydrogen-bond acceptors (Lipinski definition) is 4. The molecule has 2 aromatic carbocycles. The highest BCUT2D eigenvalue weighted by Crippen LogP contribution is 2.37. The summed E-state index contributed by atoms with van der Waals surface area (Å²) in [6.45, 7) is 2.03. The van der Waals surface area contributed by atoms with E-state index in [4.69, 9.17) is 0 Å². The van der Waals surface area contributed by atoms with E-state index in [0.717, 1.165) is 0 Å². The fourth-order valence-corrected chi connectivity index (χ4v) is 1.95. The lowest BCUT2D eigenvalue weighted by molar-refractivity contribution is 0.363. The second-order valence-electron chi connectivity index (χ2n) is 4.57. The van der Waals surface area contributed by atoms with E-state index in [1.54, 1.807) is 25.1 Å². The van der Waals surface area contributed by atoms with Crippen molar-refractivity contribution in [3.8, 4) is 17.2 Å². The Morgan fingerprint density at radius 1 is 1.05 bits per heavy atom. The zero-order valence-corrected chi connectivity index (χ0v) is 11.0. The van der Waals surface area contributed by atoms with Crippen molar-refractivity contribution in [3.05, 3.63) is 53.3 Å². The summed E-state index contributed by atoms with van der Waals surface area (Å²) in [7, 11) is 0. The maximum Gasteiger partial charge on any atom is 0.200 e. The third-order valence-corrected chi connectivity index (χ3v) is 3.18. The van der Waals surface area contributed by atoms with Crippen LogP contribution in [-0.4, -0.2) is 15.3 Å². The van der Waals surface area contributed by atoms with Crippen molar-refractivity contribution in [3.63, 3.8) is 0 Å². The van der Waals surface area contributed by atoms with E-state index in [0.29, 0.717) is 11.1 Å². The number of phenolic OH excluding ortho intramolecular Hbond substituents is 3. The first-order valence-electron chi connectivity index (χ1n) is 6.21. The van der Waals surface area contributed by atoms with Gasteiger partial charge in [0, 0.05) is 23.7 Å². The lowest BCUT2D eigenvalue weighted by Gasteiger charge is -2.16. The van der Waals surface area contributed by atoms with Gasteiger partial charge in [-0.15, -0.1) is 0 Å². The highest BCUT2D eigenvalue weighted by Gasteiger charge is 2.13. The molecule has 1 atom stereocenters. The lowest BCUT2D eigenvalue weighted by Crippen LogP contribution is -2.19. The SMILES string of the molecule is C[C@@H](NCc1ccc(O)c(O)c1O)c1ccccc1F. The molecule has 0 saturated carbocycles. The molecule has 0 heterocycles. The highest BCUT2D eigenvalue weighted by atomic mass is 19.1. The summed E-state index contributed by atoms with van der Waals surface area (Å²) in [6.07, 6.45) is 0. The molecule has 0 bridgehead atoms. The minimum absolute atomic E-state index is 0.231. The number of aromatic hydroxyl groups is 3. The molecule has 0 fully saturated rings.